The van der Waals surface area contributed by atoms with Gasteiger partial charge in [-0.1, -0.05) is 106 Å². The maximum absolute atomic E-state index is 15.5. The molecular formula is C42H30BrClN2O5. The molecular weight excluding hydrogens is 728 g/mol. The van der Waals surface area contributed by atoms with Crippen LogP contribution in [0.4, 0.5) is 11.4 Å². The third-order valence-corrected chi connectivity index (χ3v) is 12.3. The van der Waals surface area contributed by atoms with Crippen molar-refractivity contribution in [3.05, 3.63) is 148 Å². The number of fused-ring (bicyclic) bond motifs is 5. The Hall–Kier alpha value is -5.05. The van der Waals surface area contributed by atoms with Crippen molar-refractivity contribution < 1.29 is 24.3 Å². The summed E-state index contributed by atoms with van der Waals surface area (Å²) < 4.78 is 0.828. The number of hydrogen-bond acceptors (Lipinski definition) is 5. The summed E-state index contributed by atoms with van der Waals surface area (Å²) in [7, 11) is 0. The van der Waals surface area contributed by atoms with Gasteiger partial charge in [0.15, 0.2) is 0 Å². The molecule has 5 aromatic carbocycles. The number of benzene rings is 5. The molecule has 2 aliphatic carbocycles. The summed E-state index contributed by atoms with van der Waals surface area (Å²) in [5.74, 6) is -4.62. The van der Waals surface area contributed by atoms with Crippen molar-refractivity contribution in [3.63, 3.8) is 0 Å². The number of amides is 4. The summed E-state index contributed by atoms with van der Waals surface area (Å²) in [4.78, 5) is 61.7. The summed E-state index contributed by atoms with van der Waals surface area (Å²) in [6.45, 7) is 0. The Morgan fingerprint density at radius 1 is 0.706 bits per heavy atom. The molecule has 6 unspecified atom stereocenters. The van der Waals surface area contributed by atoms with Crippen LogP contribution >= 0.6 is 27.5 Å². The lowest BCUT2D eigenvalue weighted by Gasteiger charge is -2.51. The Bertz CT molecular complexity index is 2340. The predicted molar refractivity (Wildman–Crippen MR) is 198 cm³/mol. The van der Waals surface area contributed by atoms with E-state index in [2.05, 4.69) is 22.0 Å². The summed E-state index contributed by atoms with van der Waals surface area (Å²) in [6, 6.07) is 34.2. The number of imide groups is 2. The Labute approximate surface area is 307 Å². The SMILES string of the molecule is O=C1C2CC=C3C(CC4C(=O)N(c5cccc(Cl)c5)C(=O)C4(c4ccccc4)C3c3ccc(O)c4ccccc34)C2C(=O)N1c1ccc(Br)cc1. The van der Waals surface area contributed by atoms with E-state index >= 15 is 9.59 Å². The molecule has 9 rings (SSSR count). The molecule has 6 atom stereocenters. The van der Waals surface area contributed by atoms with Crippen molar-refractivity contribution in [2.45, 2.75) is 24.2 Å². The standard InChI is InChI=1S/C42H30BrClN2O5/c43-24-13-15-26(16-14-24)45-38(48)32-18-17-31-33(36(32)40(45)50)22-34-39(49)46(27-10-6-9-25(44)21-27)41(51)42(34,23-7-2-1-3-8-23)37(31)30-19-20-35(47)29-12-5-4-11-28(29)30/h1-17,19-21,32-34,36-37,47H,18,22H2. The Morgan fingerprint density at radius 2 is 1.43 bits per heavy atom. The van der Waals surface area contributed by atoms with Crippen LogP contribution in [0.2, 0.25) is 5.02 Å². The van der Waals surface area contributed by atoms with E-state index in [4.69, 9.17) is 11.6 Å². The smallest absolute Gasteiger partial charge is 0.246 e. The van der Waals surface area contributed by atoms with Crippen LogP contribution in [0.1, 0.15) is 29.9 Å². The van der Waals surface area contributed by atoms with Crippen molar-refractivity contribution in [3.8, 4) is 5.75 Å². The molecule has 9 heteroatoms. The number of allylic oxidation sites excluding steroid dienone is 2. The van der Waals surface area contributed by atoms with Gasteiger partial charge in [-0.2, -0.15) is 0 Å². The lowest BCUT2D eigenvalue weighted by atomic mass is 9.49. The first-order valence-corrected chi connectivity index (χ1v) is 18.1. The lowest BCUT2D eigenvalue weighted by molar-refractivity contribution is -0.127. The van der Waals surface area contributed by atoms with Crippen molar-refractivity contribution in [2.75, 3.05) is 9.80 Å². The zero-order chi connectivity index (χ0) is 35.2. The van der Waals surface area contributed by atoms with E-state index in [1.165, 1.54) is 9.80 Å². The molecule has 51 heavy (non-hydrogen) atoms. The fraction of sp³-hybridized carbons (Fsp3) is 0.190. The largest absolute Gasteiger partial charge is 0.507 e. The molecule has 0 radical (unpaired) electrons. The minimum absolute atomic E-state index is 0.0980. The van der Waals surface area contributed by atoms with Gasteiger partial charge in [0.1, 0.15) is 5.75 Å². The van der Waals surface area contributed by atoms with E-state index in [0.29, 0.717) is 33.8 Å². The number of carbonyl (C=O) groups excluding carboxylic acids is 4. The minimum atomic E-state index is -1.41. The van der Waals surface area contributed by atoms with Gasteiger partial charge in [0.25, 0.3) is 0 Å². The van der Waals surface area contributed by atoms with Gasteiger partial charge in [-0.3, -0.25) is 24.1 Å². The maximum Gasteiger partial charge on any atom is 0.246 e. The van der Waals surface area contributed by atoms with Crippen molar-refractivity contribution in [2.24, 2.45) is 23.7 Å². The summed E-state index contributed by atoms with van der Waals surface area (Å²) in [5, 5.41) is 12.7. The number of carbonyl (C=O) groups is 4. The number of anilines is 2. The van der Waals surface area contributed by atoms with Crippen LogP contribution in [-0.4, -0.2) is 28.7 Å². The summed E-state index contributed by atoms with van der Waals surface area (Å²) in [5.41, 5.74) is 1.78. The van der Waals surface area contributed by atoms with E-state index in [9.17, 15) is 14.7 Å². The number of nitrogens with zero attached hydrogens (tertiary/aromatic N) is 2. The van der Waals surface area contributed by atoms with Crippen molar-refractivity contribution >= 4 is 73.3 Å². The van der Waals surface area contributed by atoms with Crippen LogP contribution in [-0.2, 0) is 24.6 Å². The van der Waals surface area contributed by atoms with Gasteiger partial charge < -0.3 is 5.11 Å². The average molecular weight is 758 g/mol. The monoisotopic (exact) mass is 756 g/mol. The van der Waals surface area contributed by atoms with Gasteiger partial charge >= 0.3 is 0 Å². The molecule has 0 spiro atoms. The molecule has 4 aliphatic rings. The zero-order valence-corrected chi connectivity index (χ0v) is 29.4. The van der Waals surface area contributed by atoms with Crippen LogP contribution in [0, 0.1) is 23.7 Å². The molecule has 0 aromatic heterocycles. The fourth-order valence-electron chi connectivity index (χ4n) is 9.49. The third-order valence-electron chi connectivity index (χ3n) is 11.5. The van der Waals surface area contributed by atoms with E-state index < -0.39 is 35.0 Å². The first kappa shape index (κ1) is 31.9. The second-order valence-corrected chi connectivity index (χ2v) is 15.2. The van der Waals surface area contributed by atoms with Gasteiger partial charge in [0.05, 0.1) is 34.5 Å². The van der Waals surface area contributed by atoms with Gasteiger partial charge in [-0.15, -0.1) is 0 Å². The van der Waals surface area contributed by atoms with Gasteiger partial charge in [-0.05, 0) is 83.8 Å². The molecule has 1 saturated carbocycles. The van der Waals surface area contributed by atoms with Gasteiger partial charge in [0.2, 0.25) is 23.6 Å². The summed E-state index contributed by atoms with van der Waals surface area (Å²) >= 11 is 9.88. The van der Waals surface area contributed by atoms with E-state index in [0.717, 1.165) is 21.0 Å². The van der Waals surface area contributed by atoms with E-state index in [-0.39, 0.29) is 35.8 Å². The molecule has 5 aromatic rings. The molecule has 2 heterocycles. The number of halogens is 2. The number of aromatic hydroxyl groups is 1. The molecule has 3 fully saturated rings. The highest BCUT2D eigenvalue weighted by Crippen LogP contribution is 2.65. The third kappa shape index (κ3) is 4.49. The highest BCUT2D eigenvalue weighted by molar-refractivity contribution is 9.10. The normalized spacial score (nSPS) is 27.0. The van der Waals surface area contributed by atoms with Gasteiger partial charge in [-0.25, -0.2) is 4.90 Å². The number of rotatable bonds is 4. The van der Waals surface area contributed by atoms with Crippen molar-refractivity contribution in [1.82, 2.24) is 0 Å². The van der Waals surface area contributed by atoms with E-state index in [1.54, 1.807) is 54.6 Å². The highest BCUT2D eigenvalue weighted by atomic mass is 79.9. The number of phenols is 1. The van der Waals surface area contributed by atoms with Gasteiger partial charge in [0, 0.05) is 20.8 Å². The molecule has 252 valence electrons. The van der Waals surface area contributed by atoms with E-state index in [1.807, 2.05) is 60.7 Å². The number of phenolic OH excluding ortho intramolecular Hbond substituents is 1. The maximum atomic E-state index is 15.5. The minimum Gasteiger partial charge on any atom is -0.507 e. The second kappa shape index (κ2) is 11.8. The first-order valence-electron chi connectivity index (χ1n) is 16.9. The Balaban J connectivity index is 1.30. The summed E-state index contributed by atoms with van der Waals surface area (Å²) in [6.07, 6.45) is 2.56. The average Bonchev–Trinajstić information content (AvgIpc) is 3.53. The fourth-order valence-corrected chi connectivity index (χ4v) is 9.94. The highest BCUT2D eigenvalue weighted by Gasteiger charge is 2.70. The quantitative estimate of drug-likeness (QED) is 0.147. The molecule has 1 N–H and O–H groups in total. The molecule has 2 aliphatic heterocycles. The van der Waals surface area contributed by atoms with Crippen LogP contribution in [0.15, 0.2) is 131 Å². The second-order valence-electron chi connectivity index (χ2n) is 13.8. The molecule has 7 nitrogen and oxygen atoms in total. The Morgan fingerprint density at radius 3 is 2.18 bits per heavy atom. The Kier molecular flexibility index (Phi) is 7.35. The van der Waals surface area contributed by atoms with Crippen LogP contribution in [0.5, 0.6) is 5.75 Å². The van der Waals surface area contributed by atoms with Crippen LogP contribution in [0.25, 0.3) is 10.8 Å². The lowest BCUT2D eigenvalue weighted by Crippen LogP contribution is -2.53. The molecule has 0 bridgehead atoms. The number of hydrogen-bond donors (Lipinski definition) is 1. The molecule has 4 amide bonds. The predicted octanol–water partition coefficient (Wildman–Crippen LogP) is 8.33. The topological polar surface area (TPSA) is 95.0 Å². The van der Waals surface area contributed by atoms with Crippen LogP contribution < -0.4 is 9.80 Å². The van der Waals surface area contributed by atoms with Crippen molar-refractivity contribution in [1.29, 1.82) is 0 Å². The molecule has 2 saturated heterocycles. The zero-order valence-electron chi connectivity index (χ0n) is 27.1. The first-order chi connectivity index (χ1) is 24.7. The van der Waals surface area contributed by atoms with Crippen LogP contribution in [0.3, 0.4) is 0 Å².